The predicted molar refractivity (Wildman–Crippen MR) is 81.7 cm³/mol. The highest BCUT2D eigenvalue weighted by molar-refractivity contribution is 5.88. The van der Waals surface area contributed by atoms with Gasteiger partial charge in [-0.2, -0.15) is 5.10 Å². The summed E-state index contributed by atoms with van der Waals surface area (Å²) in [6.07, 6.45) is 2.22. The molecule has 0 N–H and O–H groups in total. The third-order valence-electron chi connectivity index (χ3n) is 3.88. The number of nitrogens with zero attached hydrogens (tertiary/aromatic N) is 4. The van der Waals surface area contributed by atoms with Gasteiger partial charge in [-0.15, -0.1) is 0 Å². The molecule has 0 fully saturated rings. The van der Waals surface area contributed by atoms with Crippen molar-refractivity contribution in [3.05, 3.63) is 35.8 Å². The van der Waals surface area contributed by atoms with Crippen LogP contribution in [0.3, 0.4) is 0 Å². The summed E-state index contributed by atoms with van der Waals surface area (Å²) in [5.41, 5.74) is 3.71. The molecule has 0 bridgehead atoms. The number of rotatable bonds is 2. The molecule has 2 heterocycles. The highest BCUT2D eigenvalue weighted by atomic mass is 15.3. The lowest BCUT2D eigenvalue weighted by Gasteiger charge is -2.03. The first-order chi connectivity index (χ1) is 9.47. The Labute approximate surface area is 119 Å². The van der Waals surface area contributed by atoms with Gasteiger partial charge in [-0.05, 0) is 36.6 Å². The normalized spacial score (nSPS) is 11.7. The minimum absolute atomic E-state index is 0.507. The molecule has 0 aliphatic carbocycles. The molecule has 2 aromatic heterocycles. The third-order valence-corrected chi connectivity index (χ3v) is 3.88. The van der Waals surface area contributed by atoms with Gasteiger partial charge in [0.1, 0.15) is 5.82 Å². The van der Waals surface area contributed by atoms with E-state index in [1.165, 1.54) is 16.5 Å². The van der Waals surface area contributed by atoms with Crippen molar-refractivity contribution in [1.29, 1.82) is 0 Å². The second kappa shape index (κ2) is 4.47. The number of aryl methyl sites for hydroxylation is 3. The maximum Gasteiger partial charge on any atom is 0.181 e. The second-order valence-corrected chi connectivity index (χ2v) is 5.69. The molecule has 0 radical (unpaired) electrons. The zero-order valence-corrected chi connectivity index (χ0v) is 12.7. The number of fused-ring (bicyclic) bond motifs is 1. The molecule has 4 heteroatoms. The molecule has 0 aliphatic heterocycles. The summed E-state index contributed by atoms with van der Waals surface area (Å²) in [5.74, 6) is 2.23. The summed E-state index contributed by atoms with van der Waals surface area (Å²) < 4.78 is 4.00. The van der Waals surface area contributed by atoms with E-state index in [9.17, 15) is 0 Å². The van der Waals surface area contributed by atoms with Gasteiger partial charge < -0.3 is 4.57 Å². The Morgan fingerprint density at radius 3 is 2.50 bits per heavy atom. The van der Waals surface area contributed by atoms with Crippen molar-refractivity contribution in [2.45, 2.75) is 26.7 Å². The Bertz CT molecular complexity index is 758. The predicted octanol–water partition coefficient (Wildman–Crippen LogP) is 3.41. The van der Waals surface area contributed by atoms with E-state index < -0.39 is 0 Å². The average Bonchev–Trinajstić information content (AvgIpc) is 2.91. The first-order valence-electron chi connectivity index (χ1n) is 6.94. The monoisotopic (exact) mass is 268 g/mol. The van der Waals surface area contributed by atoms with E-state index in [-0.39, 0.29) is 0 Å². The van der Waals surface area contributed by atoms with Crippen LogP contribution in [0.1, 0.15) is 31.2 Å². The molecule has 3 aromatic rings. The van der Waals surface area contributed by atoms with Gasteiger partial charge in [0, 0.05) is 36.8 Å². The van der Waals surface area contributed by atoms with Crippen LogP contribution in [0.5, 0.6) is 0 Å². The molecule has 0 unspecified atom stereocenters. The van der Waals surface area contributed by atoms with Crippen molar-refractivity contribution in [3.8, 4) is 11.4 Å². The lowest BCUT2D eigenvalue weighted by molar-refractivity contribution is 0.736. The van der Waals surface area contributed by atoms with Crippen LogP contribution >= 0.6 is 0 Å². The van der Waals surface area contributed by atoms with Gasteiger partial charge in [0.15, 0.2) is 5.82 Å². The Kier molecular flexibility index (Phi) is 2.89. The molecule has 0 saturated heterocycles. The van der Waals surface area contributed by atoms with E-state index in [4.69, 9.17) is 0 Å². The SMILES string of the molecule is Cc1nc(-c2ccc3c(c2)c(C(C)C)cn3C)nn1C. The van der Waals surface area contributed by atoms with Gasteiger partial charge >= 0.3 is 0 Å². The minimum atomic E-state index is 0.507. The smallest absolute Gasteiger partial charge is 0.181 e. The van der Waals surface area contributed by atoms with Crippen LogP contribution in [0.2, 0.25) is 0 Å². The first-order valence-corrected chi connectivity index (χ1v) is 6.94. The zero-order chi connectivity index (χ0) is 14.4. The fraction of sp³-hybridized carbons (Fsp3) is 0.375. The number of benzene rings is 1. The van der Waals surface area contributed by atoms with Crippen molar-refractivity contribution in [1.82, 2.24) is 19.3 Å². The van der Waals surface area contributed by atoms with Crippen LogP contribution in [0, 0.1) is 6.92 Å². The molecule has 0 amide bonds. The third kappa shape index (κ3) is 1.92. The molecule has 0 atom stereocenters. The van der Waals surface area contributed by atoms with Crippen LogP contribution in [-0.4, -0.2) is 19.3 Å². The summed E-state index contributed by atoms with van der Waals surface area (Å²) in [7, 11) is 4.02. The Hall–Kier alpha value is -2.10. The Morgan fingerprint density at radius 2 is 1.90 bits per heavy atom. The van der Waals surface area contributed by atoms with Gasteiger partial charge in [-0.25, -0.2) is 4.98 Å². The Balaban J connectivity index is 2.21. The fourth-order valence-corrected chi connectivity index (χ4v) is 2.61. The van der Waals surface area contributed by atoms with Crippen molar-refractivity contribution in [3.63, 3.8) is 0 Å². The van der Waals surface area contributed by atoms with Crippen LogP contribution in [0.4, 0.5) is 0 Å². The second-order valence-electron chi connectivity index (χ2n) is 5.69. The summed E-state index contributed by atoms with van der Waals surface area (Å²) in [5, 5.41) is 5.76. The van der Waals surface area contributed by atoms with E-state index >= 15 is 0 Å². The number of aromatic nitrogens is 4. The molecule has 0 spiro atoms. The molecule has 4 nitrogen and oxygen atoms in total. The highest BCUT2D eigenvalue weighted by Gasteiger charge is 2.13. The quantitative estimate of drug-likeness (QED) is 0.714. The highest BCUT2D eigenvalue weighted by Crippen LogP contribution is 2.30. The molecule has 104 valence electrons. The molecule has 20 heavy (non-hydrogen) atoms. The van der Waals surface area contributed by atoms with Gasteiger partial charge in [0.2, 0.25) is 0 Å². The summed E-state index contributed by atoms with van der Waals surface area (Å²) in [4.78, 5) is 4.51. The number of hydrogen-bond donors (Lipinski definition) is 0. The van der Waals surface area contributed by atoms with E-state index in [1.807, 2.05) is 18.7 Å². The average molecular weight is 268 g/mol. The molecular weight excluding hydrogens is 248 g/mol. The molecule has 0 saturated carbocycles. The van der Waals surface area contributed by atoms with E-state index in [1.54, 1.807) is 0 Å². The van der Waals surface area contributed by atoms with Crippen LogP contribution in [-0.2, 0) is 14.1 Å². The maximum absolute atomic E-state index is 4.51. The van der Waals surface area contributed by atoms with Gasteiger partial charge in [0.25, 0.3) is 0 Å². The molecule has 3 rings (SSSR count). The van der Waals surface area contributed by atoms with Crippen LogP contribution in [0.15, 0.2) is 24.4 Å². The van der Waals surface area contributed by atoms with Gasteiger partial charge in [-0.3, -0.25) is 4.68 Å². The topological polar surface area (TPSA) is 35.6 Å². The molecule has 1 aromatic carbocycles. The van der Waals surface area contributed by atoms with Crippen molar-refractivity contribution >= 4 is 10.9 Å². The van der Waals surface area contributed by atoms with Crippen molar-refractivity contribution < 1.29 is 0 Å². The lowest BCUT2D eigenvalue weighted by Crippen LogP contribution is -1.92. The van der Waals surface area contributed by atoms with Crippen LogP contribution < -0.4 is 0 Å². The summed E-state index contributed by atoms with van der Waals surface area (Å²) in [6, 6.07) is 6.46. The summed E-state index contributed by atoms with van der Waals surface area (Å²) >= 11 is 0. The standard InChI is InChI=1S/C16H20N4/c1-10(2)14-9-19(4)15-7-6-12(8-13(14)15)16-17-11(3)20(5)18-16/h6-10H,1-5H3. The van der Waals surface area contributed by atoms with E-state index in [0.29, 0.717) is 5.92 Å². The molecular formula is C16H20N4. The number of hydrogen-bond acceptors (Lipinski definition) is 2. The largest absolute Gasteiger partial charge is 0.350 e. The molecule has 0 aliphatic rings. The summed E-state index contributed by atoms with van der Waals surface area (Å²) in [6.45, 7) is 6.42. The maximum atomic E-state index is 4.51. The van der Waals surface area contributed by atoms with Gasteiger partial charge in [-0.1, -0.05) is 13.8 Å². The van der Waals surface area contributed by atoms with Crippen molar-refractivity contribution in [2.75, 3.05) is 0 Å². The zero-order valence-electron chi connectivity index (χ0n) is 12.7. The first kappa shape index (κ1) is 12.9. The van der Waals surface area contributed by atoms with Gasteiger partial charge in [0.05, 0.1) is 0 Å². The fourth-order valence-electron chi connectivity index (χ4n) is 2.61. The lowest BCUT2D eigenvalue weighted by atomic mass is 10.0. The van der Waals surface area contributed by atoms with Crippen LogP contribution in [0.25, 0.3) is 22.3 Å². The van der Waals surface area contributed by atoms with E-state index in [0.717, 1.165) is 17.2 Å². The minimum Gasteiger partial charge on any atom is -0.350 e. The van der Waals surface area contributed by atoms with Crippen molar-refractivity contribution in [2.24, 2.45) is 14.1 Å². The Morgan fingerprint density at radius 1 is 1.15 bits per heavy atom. The van der Waals surface area contributed by atoms with E-state index in [2.05, 4.69) is 59.9 Å².